The van der Waals surface area contributed by atoms with Crippen molar-refractivity contribution in [3.63, 3.8) is 0 Å². The van der Waals surface area contributed by atoms with Gasteiger partial charge in [0.1, 0.15) is 10.5 Å². The molecule has 3 aromatic rings. The van der Waals surface area contributed by atoms with E-state index >= 15 is 0 Å². The lowest BCUT2D eigenvalue weighted by Gasteiger charge is -2.14. The van der Waals surface area contributed by atoms with Crippen LogP contribution in [-0.2, 0) is 6.42 Å². The van der Waals surface area contributed by atoms with E-state index in [9.17, 15) is 0 Å². The van der Waals surface area contributed by atoms with Crippen LogP contribution >= 0.6 is 23.4 Å². The maximum atomic E-state index is 6.38. The molecule has 4 rings (SSSR count). The van der Waals surface area contributed by atoms with E-state index < -0.39 is 0 Å². The van der Waals surface area contributed by atoms with E-state index in [0.29, 0.717) is 5.15 Å². The first-order valence-corrected chi connectivity index (χ1v) is 8.44. The molecular weight excluding hydrogens is 318 g/mol. The molecule has 112 valence electrons. The molecule has 1 aliphatic rings. The van der Waals surface area contributed by atoms with Crippen LogP contribution in [0.25, 0.3) is 10.9 Å². The number of nitrogens with zero attached hydrogens (tertiary/aromatic N) is 4. The Kier molecular flexibility index (Phi) is 3.43. The number of para-hydroxylation sites is 1. The third-order valence-corrected chi connectivity index (χ3v) is 5.00. The van der Waals surface area contributed by atoms with Gasteiger partial charge in [0.05, 0.1) is 5.52 Å². The van der Waals surface area contributed by atoms with Gasteiger partial charge in [-0.3, -0.25) is 0 Å². The third-order valence-electron chi connectivity index (χ3n) is 3.63. The fraction of sp³-hybridized carbons (Fsp3) is 0.267. The lowest BCUT2D eigenvalue weighted by Crippen LogP contribution is -2.16. The highest BCUT2D eigenvalue weighted by atomic mass is 35.5. The molecule has 1 unspecified atom stereocenters. The van der Waals surface area contributed by atoms with Crippen LogP contribution in [0.4, 0.5) is 0 Å². The van der Waals surface area contributed by atoms with Gasteiger partial charge in [-0.2, -0.15) is 0 Å². The number of benzene rings is 1. The zero-order valence-corrected chi connectivity index (χ0v) is 13.5. The van der Waals surface area contributed by atoms with Gasteiger partial charge in [0.25, 0.3) is 0 Å². The minimum atomic E-state index is 0.00529. The van der Waals surface area contributed by atoms with Crippen LogP contribution in [0, 0.1) is 0 Å². The van der Waals surface area contributed by atoms with Crippen LogP contribution in [0.15, 0.2) is 35.5 Å². The zero-order valence-electron chi connectivity index (χ0n) is 12.0. The number of rotatable bonds is 3. The normalized spacial score (nSPS) is 16.7. The van der Waals surface area contributed by atoms with Crippen molar-refractivity contribution in [2.24, 2.45) is 0 Å². The highest BCUT2D eigenvalue weighted by Crippen LogP contribution is 2.41. The molecule has 22 heavy (non-hydrogen) atoms. The second-order valence-corrected chi connectivity index (χ2v) is 6.60. The fourth-order valence-electron chi connectivity index (χ4n) is 2.57. The van der Waals surface area contributed by atoms with E-state index in [0.717, 1.165) is 40.3 Å². The molecule has 0 amide bonds. The Morgan fingerprint density at radius 3 is 3.05 bits per heavy atom. The highest BCUT2D eigenvalue weighted by molar-refractivity contribution is 7.99. The van der Waals surface area contributed by atoms with Crippen molar-refractivity contribution < 1.29 is 0 Å². The van der Waals surface area contributed by atoms with Crippen molar-refractivity contribution in [1.82, 2.24) is 19.9 Å². The average Bonchev–Trinajstić information content (AvgIpc) is 3.09. The van der Waals surface area contributed by atoms with E-state index in [2.05, 4.69) is 33.6 Å². The zero-order chi connectivity index (χ0) is 15.1. The van der Waals surface area contributed by atoms with Gasteiger partial charge >= 0.3 is 0 Å². The molecule has 5 nitrogen and oxygen atoms in total. The van der Waals surface area contributed by atoms with Crippen LogP contribution in [0.2, 0.25) is 5.15 Å². The number of pyridine rings is 1. The Bertz CT molecular complexity index is 847. The van der Waals surface area contributed by atoms with Gasteiger partial charge in [-0.15, -0.1) is 10.2 Å². The minimum absolute atomic E-state index is 0.00529. The molecule has 0 radical (unpaired) electrons. The molecule has 0 saturated heterocycles. The van der Waals surface area contributed by atoms with E-state index in [1.54, 1.807) is 11.8 Å². The summed E-state index contributed by atoms with van der Waals surface area (Å²) in [5, 5.41) is 10.9. The highest BCUT2D eigenvalue weighted by Gasteiger charge is 2.29. The van der Waals surface area contributed by atoms with Crippen LogP contribution < -0.4 is 5.43 Å². The monoisotopic (exact) mass is 331 g/mol. The summed E-state index contributed by atoms with van der Waals surface area (Å²) >= 11 is 8.00. The van der Waals surface area contributed by atoms with E-state index in [1.165, 1.54) is 0 Å². The molecule has 0 saturated carbocycles. The molecule has 0 spiro atoms. The first-order valence-electron chi connectivity index (χ1n) is 7.19. The second kappa shape index (κ2) is 5.44. The van der Waals surface area contributed by atoms with Crippen molar-refractivity contribution in [3.05, 3.63) is 46.9 Å². The summed E-state index contributed by atoms with van der Waals surface area (Å²) in [6, 6.07) is 10.1. The summed E-state index contributed by atoms with van der Waals surface area (Å²) in [4.78, 5) is 4.49. The Labute approximate surface area is 137 Å². The SMILES string of the molecule is CCCc1nnc2n1NC(c1cc3ccccc3nc1Cl)S2. The van der Waals surface area contributed by atoms with Crippen LogP contribution in [0.3, 0.4) is 0 Å². The van der Waals surface area contributed by atoms with Crippen molar-refractivity contribution in [2.45, 2.75) is 30.3 Å². The van der Waals surface area contributed by atoms with Crippen LogP contribution in [0.5, 0.6) is 0 Å². The van der Waals surface area contributed by atoms with E-state index in [-0.39, 0.29) is 5.37 Å². The van der Waals surface area contributed by atoms with Crippen LogP contribution in [0.1, 0.15) is 30.1 Å². The number of hydrogen-bond donors (Lipinski definition) is 1. The lowest BCUT2D eigenvalue weighted by atomic mass is 10.1. The summed E-state index contributed by atoms with van der Waals surface area (Å²) in [5.74, 6) is 0.956. The number of thioether (sulfide) groups is 1. The average molecular weight is 332 g/mol. The fourth-order valence-corrected chi connectivity index (χ4v) is 3.91. The van der Waals surface area contributed by atoms with Crippen molar-refractivity contribution in [2.75, 3.05) is 5.43 Å². The second-order valence-electron chi connectivity index (χ2n) is 5.17. The Hall–Kier alpha value is -1.79. The minimum Gasteiger partial charge on any atom is -0.304 e. The Balaban J connectivity index is 1.70. The Morgan fingerprint density at radius 2 is 2.18 bits per heavy atom. The quantitative estimate of drug-likeness (QED) is 0.740. The molecule has 2 aromatic heterocycles. The summed E-state index contributed by atoms with van der Waals surface area (Å²) in [6.45, 7) is 2.13. The molecule has 7 heteroatoms. The van der Waals surface area contributed by atoms with Crippen molar-refractivity contribution in [3.8, 4) is 0 Å². The summed E-state index contributed by atoms with van der Waals surface area (Å²) in [5.41, 5.74) is 5.30. The Morgan fingerprint density at radius 1 is 1.32 bits per heavy atom. The molecule has 1 aliphatic heterocycles. The van der Waals surface area contributed by atoms with Crippen LogP contribution in [-0.4, -0.2) is 19.9 Å². The molecule has 0 fully saturated rings. The lowest BCUT2D eigenvalue weighted by molar-refractivity contribution is 0.714. The topological polar surface area (TPSA) is 55.6 Å². The molecule has 0 aliphatic carbocycles. The molecular formula is C15H14ClN5S. The standard InChI is InChI=1S/C15H14ClN5S/c1-2-5-12-18-19-15-21(12)20-14(22-15)10-8-9-6-3-4-7-11(9)17-13(10)16/h3-4,6-8,14,20H,2,5H2,1H3. The van der Waals surface area contributed by atoms with E-state index in [4.69, 9.17) is 11.6 Å². The molecule has 1 N–H and O–H groups in total. The molecule has 0 bridgehead atoms. The van der Waals surface area contributed by atoms with Gasteiger partial charge in [-0.1, -0.05) is 48.5 Å². The molecule has 1 atom stereocenters. The number of aryl methyl sites for hydroxylation is 1. The van der Waals surface area contributed by atoms with Gasteiger partial charge in [-0.05, 0) is 18.6 Å². The maximum absolute atomic E-state index is 6.38. The number of nitrogens with one attached hydrogen (secondary N) is 1. The number of fused-ring (bicyclic) bond motifs is 2. The number of aromatic nitrogens is 4. The predicted molar refractivity (Wildman–Crippen MR) is 88.7 cm³/mol. The third kappa shape index (κ3) is 2.23. The summed E-state index contributed by atoms with van der Waals surface area (Å²) in [6.07, 6.45) is 1.93. The molecule has 1 aromatic carbocycles. The van der Waals surface area contributed by atoms with E-state index in [1.807, 2.05) is 28.9 Å². The van der Waals surface area contributed by atoms with Crippen molar-refractivity contribution in [1.29, 1.82) is 0 Å². The van der Waals surface area contributed by atoms with Gasteiger partial charge in [-0.25, -0.2) is 9.66 Å². The van der Waals surface area contributed by atoms with Gasteiger partial charge in [0.15, 0.2) is 5.82 Å². The maximum Gasteiger partial charge on any atom is 0.212 e. The predicted octanol–water partition coefficient (Wildman–Crippen LogP) is 3.78. The smallest absolute Gasteiger partial charge is 0.212 e. The number of halogens is 1. The number of hydrogen-bond acceptors (Lipinski definition) is 5. The summed E-state index contributed by atoms with van der Waals surface area (Å²) < 4.78 is 1.96. The van der Waals surface area contributed by atoms with Gasteiger partial charge < -0.3 is 5.43 Å². The summed E-state index contributed by atoms with van der Waals surface area (Å²) in [7, 11) is 0. The first kappa shape index (κ1) is 13.8. The van der Waals surface area contributed by atoms with Gasteiger partial charge in [0.2, 0.25) is 5.16 Å². The first-order chi connectivity index (χ1) is 10.8. The largest absolute Gasteiger partial charge is 0.304 e. The molecule has 3 heterocycles. The van der Waals surface area contributed by atoms with Crippen molar-refractivity contribution >= 4 is 34.3 Å². The van der Waals surface area contributed by atoms with Gasteiger partial charge in [0, 0.05) is 17.4 Å².